The molecular weight excluding hydrogens is 292 g/mol. The molecule has 18 heavy (non-hydrogen) atoms. The molecule has 0 saturated heterocycles. The van der Waals surface area contributed by atoms with Crippen molar-refractivity contribution in [3.8, 4) is 0 Å². The lowest BCUT2D eigenvalue weighted by Gasteiger charge is -2.22. The lowest BCUT2D eigenvalue weighted by Crippen LogP contribution is -2.25. The normalized spacial score (nSPS) is 16.6. The summed E-state index contributed by atoms with van der Waals surface area (Å²) in [5, 5.41) is 0. The van der Waals surface area contributed by atoms with Crippen molar-refractivity contribution in [2.24, 2.45) is 5.92 Å². The molecule has 2 aromatic rings. The first kappa shape index (κ1) is 12.0. The Kier molecular flexibility index (Phi) is 3.24. The van der Waals surface area contributed by atoms with Crippen molar-refractivity contribution in [2.45, 2.75) is 25.7 Å². The number of nitrogens with zero attached hydrogens (tertiary/aromatic N) is 4. The van der Waals surface area contributed by atoms with Gasteiger partial charge in [-0.2, -0.15) is 0 Å². The summed E-state index contributed by atoms with van der Waals surface area (Å²) in [6, 6.07) is 0. The molecule has 0 spiro atoms. The quantitative estimate of drug-likeness (QED) is 0.873. The summed E-state index contributed by atoms with van der Waals surface area (Å²) in [6.07, 6.45) is 11.2. The summed E-state index contributed by atoms with van der Waals surface area (Å²) in [7, 11) is 2.11. The molecule has 2 heterocycles. The Morgan fingerprint density at radius 3 is 3.00 bits per heavy atom. The molecule has 96 valence electrons. The van der Waals surface area contributed by atoms with E-state index in [0.717, 1.165) is 28.5 Å². The average Bonchev–Trinajstić information content (AvgIpc) is 2.97. The number of halogens is 1. The molecule has 0 aromatic carbocycles. The van der Waals surface area contributed by atoms with E-state index < -0.39 is 0 Å². The van der Waals surface area contributed by atoms with E-state index in [0.29, 0.717) is 0 Å². The zero-order chi connectivity index (χ0) is 12.5. The predicted molar refractivity (Wildman–Crippen MR) is 75.9 cm³/mol. The average molecular weight is 309 g/mol. The molecule has 1 fully saturated rings. The molecule has 0 radical (unpaired) electrons. The number of anilines is 1. The van der Waals surface area contributed by atoms with Gasteiger partial charge in [-0.3, -0.25) is 0 Å². The van der Waals surface area contributed by atoms with E-state index in [9.17, 15) is 0 Å². The van der Waals surface area contributed by atoms with Crippen LogP contribution in [0, 0.1) is 5.92 Å². The van der Waals surface area contributed by atoms with Crippen LogP contribution in [0.25, 0.3) is 5.65 Å². The monoisotopic (exact) mass is 308 g/mol. The molecule has 0 N–H and O–H groups in total. The fourth-order valence-electron chi connectivity index (χ4n) is 2.81. The summed E-state index contributed by atoms with van der Waals surface area (Å²) in [5.41, 5.74) is 0.929. The lowest BCUT2D eigenvalue weighted by atomic mass is 10.1. The van der Waals surface area contributed by atoms with Crippen molar-refractivity contribution >= 4 is 27.4 Å². The highest BCUT2D eigenvalue weighted by Gasteiger charge is 2.19. The minimum Gasteiger partial charge on any atom is -0.356 e. The van der Waals surface area contributed by atoms with Gasteiger partial charge in [-0.1, -0.05) is 12.8 Å². The van der Waals surface area contributed by atoms with Gasteiger partial charge in [0, 0.05) is 32.2 Å². The van der Waals surface area contributed by atoms with Crippen LogP contribution >= 0.6 is 15.9 Å². The summed E-state index contributed by atoms with van der Waals surface area (Å²) >= 11 is 3.46. The second-order valence-electron chi connectivity index (χ2n) is 5.08. The highest BCUT2D eigenvalue weighted by Crippen LogP contribution is 2.27. The Balaban J connectivity index is 1.89. The molecule has 5 heteroatoms. The predicted octanol–water partition coefficient (Wildman–Crippen LogP) is 3.12. The first-order valence-electron chi connectivity index (χ1n) is 6.44. The number of aromatic nitrogens is 3. The maximum absolute atomic E-state index is 4.57. The van der Waals surface area contributed by atoms with E-state index in [2.05, 4.69) is 37.8 Å². The smallest absolute Gasteiger partial charge is 0.180 e. The Morgan fingerprint density at radius 1 is 1.44 bits per heavy atom. The highest BCUT2D eigenvalue weighted by atomic mass is 79.9. The van der Waals surface area contributed by atoms with Gasteiger partial charge in [0.1, 0.15) is 4.60 Å². The third-order valence-electron chi connectivity index (χ3n) is 3.70. The Morgan fingerprint density at radius 2 is 2.22 bits per heavy atom. The van der Waals surface area contributed by atoms with Crippen molar-refractivity contribution < 1.29 is 0 Å². The van der Waals surface area contributed by atoms with Gasteiger partial charge < -0.3 is 9.30 Å². The van der Waals surface area contributed by atoms with E-state index >= 15 is 0 Å². The van der Waals surface area contributed by atoms with Crippen LogP contribution in [0.15, 0.2) is 23.2 Å². The molecule has 1 saturated carbocycles. The second-order valence-corrected chi connectivity index (χ2v) is 5.89. The van der Waals surface area contributed by atoms with Crippen molar-refractivity contribution in [2.75, 3.05) is 18.5 Å². The van der Waals surface area contributed by atoms with Gasteiger partial charge in [0.25, 0.3) is 0 Å². The molecule has 0 bridgehead atoms. The molecule has 0 amide bonds. The highest BCUT2D eigenvalue weighted by molar-refractivity contribution is 9.10. The molecule has 4 nitrogen and oxygen atoms in total. The number of rotatable bonds is 3. The van der Waals surface area contributed by atoms with E-state index in [4.69, 9.17) is 0 Å². The largest absolute Gasteiger partial charge is 0.356 e. The standard InChI is InChI=1S/C13H17BrN4/c1-17(8-10-4-2-3-5-10)13-12-15-6-7-18(12)9-11(14)16-13/h6-7,9-10H,2-5,8H2,1H3. The molecule has 1 aliphatic rings. The molecule has 1 aliphatic carbocycles. The maximum Gasteiger partial charge on any atom is 0.180 e. The van der Waals surface area contributed by atoms with Crippen LogP contribution in [-0.4, -0.2) is 28.0 Å². The SMILES string of the molecule is CN(CC1CCCC1)c1nc(Br)cn2ccnc12. The minimum atomic E-state index is 0.811. The topological polar surface area (TPSA) is 33.4 Å². The van der Waals surface area contributed by atoms with Gasteiger partial charge in [-0.15, -0.1) is 0 Å². The van der Waals surface area contributed by atoms with E-state index in [1.165, 1.54) is 25.7 Å². The molecule has 2 aromatic heterocycles. The van der Waals surface area contributed by atoms with Crippen LogP contribution in [0.5, 0.6) is 0 Å². The minimum absolute atomic E-state index is 0.811. The maximum atomic E-state index is 4.57. The summed E-state index contributed by atoms with van der Waals surface area (Å²) in [5.74, 6) is 1.77. The first-order chi connectivity index (χ1) is 8.74. The molecule has 0 unspecified atom stereocenters. The van der Waals surface area contributed by atoms with E-state index in [1.807, 2.05) is 23.0 Å². The van der Waals surface area contributed by atoms with E-state index in [-0.39, 0.29) is 0 Å². The number of imidazole rings is 1. The summed E-state index contributed by atoms with van der Waals surface area (Å²) in [4.78, 5) is 11.2. The third-order valence-corrected chi connectivity index (χ3v) is 4.08. The number of fused-ring (bicyclic) bond motifs is 1. The van der Waals surface area contributed by atoms with E-state index in [1.54, 1.807) is 0 Å². The molecule has 0 atom stereocenters. The number of hydrogen-bond acceptors (Lipinski definition) is 3. The van der Waals surface area contributed by atoms with Gasteiger partial charge in [0.15, 0.2) is 11.5 Å². The molecule has 3 rings (SSSR count). The fourth-order valence-corrected chi connectivity index (χ4v) is 3.20. The van der Waals surface area contributed by atoms with Crippen LogP contribution in [0.3, 0.4) is 0 Å². The lowest BCUT2D eigenvalue weighted by molar-refractivity contribution is 0.545. The first-order valence-corrected chi connectivity index (χ1v) is 7.23. The fraction of sp³-hybridized carbons (Fsp3) is 0.538. The van der Waals surface area contributed by atoms with Crippen LogP contribution in [-0.2, 0) is 0 Å². The van der Waals surface area contributed by atoms with Crippen LogP contribution in [0.4, 0.5) is 5.82 Å². The van der Waals surface area contributed by atoms with Crippen molar-refractivity contribution in [3.63, 3.8) is 0 Å². The third kappa shape index (κ3) is 2.23. The summed E-state index contributed by atoms with van der Waals surface area (Å²) in [6.45, 7) is 1.08. The van der Waals surface area contributed by atoms with Crippen molar-refractivity contribution in [1.82, 2.24) is 14.4 Å². The molecular formula is C13H17BrN4. The summed E-state index contributed by atoms with van der Waals surface area (Å²) < 4.78 is 2.86. The van der Waals surface area contributed by atoms with Gasteiger partial charge in [0.2, 0.25) is 0 Å². The van der Waals surface area contributed by atoms with Crippen LogP contribution in [0.2, 0.25) is 0 Å². The molecule has 0 aliphatic heterocycles. The van der Waals surface area contributed by atoms with Gasteiger partial charge in [0.05, 0.1) is 0 Å². The van der Waals surface area contributed by atoms with Gasteiger partial charge in [-0.25, -0.2) is 9.97 Å². The Bertz CT molecular complexity index is 545. The Hall–Kier alpha value is -1.10. The van der Waals surface area contributed by atoms with Gasteiger partial charge >= 0.3 is 0 Å². The second kappa shape index (κ2) is 4.88. The Labute approximate surface area is 115 Å². The van der Waals surface area contributed by atoms with Crippen molar-refractivity contribution in [3.05, 3.63) is 23.2 Å². The van der Waals surface area contributed by atoms with Crippen LogP contribution < -0.4 is 4.90 Å². The van der Waals surface area contributed by atoms with Crippen molar-refractivity contribution in [1.29, 1.82) is 0 Å². The zero-order valence-electron chi connectivity index (χ0n) is 10.5. The number of hydrogen-bond donors (Lipinski definition) is 0. The van der Waals surface area contributed by atoms with Gasteiger partial charge in [-0.05, 0) is 34.7 Å². The zero-order valence-corrected chi connectivity index (χ0v) is 12.1. The van der Waals surface area contributed by atoms with Crippen LogP contribution in [0.1, 0.15) is 25.7 Å².